The van der Waals surface area contributed by atoms with Gasteiger partial charge in [-0.2, -0.15) is 0 Å². The lowest BCUT2D eigenvalue weighted by Crippen LogP contribution is -1.96. The van der Waals surface area contributed by atoms with Crippen molar-refractivity contribution < 1.29 is 16.8 Å². The molecule has 2 aromatic carbocycles. The van der Waals surface area contributed by atoms with E-state index >= 15 is 0 Å². The lowest BCUT2D eigenvalue weighted by Gasteiger charge is -2.00. The Morgan fingerprint density at radius 2 is 1.30 bits per heavy atom. The molecule has 0 aliphatic rings. The Labute approximate surface area is 134 Å². The SMILES string of the molecule is CS(=O)(=O)c1ccc(-c2cc3cc(S(C)(=O)=O)ccc3[nH]2)cc1. The van der Waals surface area contributed by atoms with E-state index < -0.39 is 19.7 Å². The van der Waals surface area contributed by atoms with Crippen LogP contribution in [0.3, 0.4) is 0 Å². The van der Waals surface area contributed by atoms with Crippen molar-refractivity contribution in [2.24, 2.45) is 0 Å². The van der Waals surface area contributed by atoms with Crippen molar-refractivity contribution in [2.45, 2.75) is 9.79 Å². The van der Waals surface area contributed by atoms with Crippen molar-refractivity contribution in [1.82, 2.24) is 4.98 Å². The molecule has 23 heavy (non-hydrogen) atoms. The van der Waals surface area contributed by atoms with E-state index in [2.05, 4.69) is 4.98 Å². The Morgan fingerprint density at radius 3 is 1.87 bits per heavy atom. The molecule has 0 saturated carbocycles. The molecule has 1 heterocycles. The molecule has 0 fully saturated rings. The number of aromatic amines is 1. The maximum Gasteiger partial charge on any atom is 0.175 e. The molecule has 3 aromatic rings. The molecule has 0 bridgehead atoms. The number of benzene rings is 2. The number of rotatable bonds is 3. The van der Waals surface area contributed by atoms with Gasteiger partial charge in [-0.3, -0.25) is 0 Å². The van der Waals surface area contributed by atoms with Gasteiger partial charge in [0.25, 0.3) is 0 Å². The van der Waals surface area contributed by atoms with Crippen molar-refractivity contribution in [3.63, 3.8) is 0 Å². The van der Waals surface area contributed by atoms with Gasteiger partial charge in [-0.05, 0) is 42.0 Å². The van der Waals surface area contributed by atoms with Gasteiger partial charge in [-0.15, -0.1) is 0 Å². The smallest absolute Gasteiger partial charge is 0.175 e. The minimum atomic E-state index is -3.25. The molecule has 0 aliphatic heterocycles. The molecular weight excluding hydrogens is 334 g/mol. The largest absolute Gasteiger partial charge is 0.355 e. The third-order valence-corrected chi connectivity index (χ3v) is 5.85. The van der Waals surface area contributed by atoms with Crippen LogP contribution >= 0.6 is 0 Å². The van der Waals surface area contributed by atoms with E-state index in [0.29, 0.717) is 0 Å². The molecule has 0 aliphatic carbocycles. The zero-order valence-electron chi connectivity index (χ0n) is 12.6. The number of aromatic nitrogens is 1. The molecule has 0 atom stereocenters. The van der Waals surface area contributed by atoms with Crippen LogP contribution in [0.5, 0.6) is 0 Å². The summed E-state index contributed by atoms with van der Waals surface area (Å²) in [5.74, 6) is 0. The second-order valence-electron chi connectivity index (χ2n) is 5.50. The van der Waals surface area contributed by atoms with Crippen molar-refractivity contribution in [2.75, 3.05) is 12.5 Å². The summed E-state index contributed by atoms with van der Waals surface area (Å²) in [7, 11) is -6.48. The summed E-state index contributed by atoms with van der Waals surface area (Å²) < 4.78 is 46.2. The molecule has 5 nitrogen and oxygen atoms in total. The second-order valence-corrected chi connectivity index (χ2v) is 9.53. The molecule has 0 spiro atoms. The Hall–Kier alpha value is -2.12. The van der Waals surface area contributed by atoms with E-state index in [1.165, 1.54) is 6.26 Å². The van der Waals surface area contributed by atoms with E-state index in [1.54, 1.807) is 42.5 Å². The molecule has 0 radical (unpaired) electrons. The van der Waals surface area contributed by atoms with Gasteiger partial charge in [0.05, 0.1) is 9.79 Å². The Kier molecular flexibility index (Phi) is 3.57. The maximum atomic E-state index is 11.6. The number of sulfone groups is 2. The quantitative estimate of drug-likeness (QED) is 0.788. The Bertz CT molecular complexity index is 1090. The standard InChI is InChI=1S/C16H15NO4S2/c1-22(18,19)13-5-3-11(4-6-13)16-10-12-9-14(23(2,20)21)7-8-15(12)17-16/h3-10,17H,1-2H3. The summed E-state index contributed by atoms with van der Waals surface area (Å²) in [4.78, 5) is 3.73. The van der Waals surface area contributed by atoms with Crippen LogP contribution in [0, 0.1) is 0 Å². The van der Waals surface area contributed by atoms with Gasteiger partial charge in [0.1, 0.15) is 0 Å². The van der Waals surface area contributed by atoms with Gasteiger partial charge in [-0.1, -0.05) is 12.1 Å². The third kappa shape index (κ3) is 3.16. The molecular formula is C16H15NO4S2. The Balaban J connectivity index is 2.07. The third-order valence-electron chi connectivity index (χ3n) is 3.61. The molecule has 1 aromatic heterocycles. The number of H-pyrrole nitrogens is 1. The average molecular weight is 349 g/mol. The first kappa shape index (κ1) is 15.8. The maximum absolute atomic E-state index is 11.6. The summed E-state index contributed by atoms with van der Waals surface area (Å²) in [5, 5.41) is 0.787. The van der Waals surface area contributed by atoms with Crippen molar-refractivity contribution >= 4 is 30.6 Å². The summed E-state index contributed by atoms with van der Waals surface area (Å²) >= 11 is 0. The highest BCUT2D eigenvalue weighted by Crippen LogP contribution is 2.27. The zero-order chi connectivity index (χ0) is 16.8. The van der Waals surface area contributed by atoms with Crippen LogP contribution in [-0.4, -0.2) is 34.3 Å². The van der Waals surface area contributed by atoms with Crippen LogP contribution in [0.15, 0.2) is 58.3 Å². The first-order valence-corrected chi connectivity index (χ1v) is 10.6. The van der Waals surface area contributed by atoms with Crippen LogP contribution in [0.4, 0.5) is 0 Å². The van der Waals surface area contributed by atoms with Crippen molar-refractivity contribution in [1.29, 1.82) is 0 Å². The van der Waals surface area contributed by atoms with Gasteiger partial charge in [0, 0.05) is 29.1 Å². The highest BCUT2D eigenvalue weighted by Gasteiger charge is 2.11. The van der Waals surface area contributed by atoms with E-state index in [9.17, 15) is 16.8 Å². The van der Waals surface area contributed by atoms with Crippen molar-refractivity contribution in [3.05, 3.63) is 48.5 Å². The van der Waals surface area contributed by atoms with Crippen LogP contribution in [0.1, 0.15) is 0 Å². The number of hydrogen-bond donors (Lipinski definition) is 1. The second kappa shape index (κ2) is 5.21. The fraction of sp³-hybridized carbons (Fsp3) is 0.125. The molecule has 7 heteroatoms. The highest BCUT2D eigenvalue weighted by atomic mass is 32.2. The zero-order valence-corrected chi connectivity index (χ0v) is 14.2. The number of fused-ring (bicyclic) bond motifs is 1. The normalized spacial score (nSPS) is 12.6. The fourth-order valence-electron chi connectivity index (χ4n) is 2.38. The topological polar surface area (TPSA) is 84.1 Å². The molecule has 0 amide bonds. The molecule has 0 saturated heterocycles. The predicted molar refractivity (Wildman–Crippen MR) is 90.0 cm³/mol. The minimum absolute atomic E-state index is 0.261. The van der Waals surface area contributed by atoms with Crippen LogP contribution < -0.4 is 0 Å². The lowest BCUT2D eigenvalue weighted by atomic mass is 10.1. The van der Waals surface area contributed by atoms with Gasteiger partial charge in [0.15, 0.2) is 19.7 Å². The lowest BCUT2D eigenvalue weighted by molar-refractivity contribution is 0.600. The predicted octanol–water partition coefficient (Wildman–Crippen LogP) is 2.64. The number of nitrogens with one attached hydrogen (secondary N) is 1. The van der Waals surface area contributed by atoms with Gasteiger partial charge < -0.3 is 4.98 Å². The fourth-order valence-corrected chi connectivity index (χ4v) is 3.67. The van der Waals surface area contributed by atoms with Crippen LogP contribution in [0.25, 0.3) is 22.2 Å². The molecule has 0 unspecified atom stereocenters. The van der Waals surface area contributed by atoms with Crippen molar-refractivity contribution in [3.8, 4) is 11.3 Å². The summed E-state index contributed by atoms with van der Waals surface area (Å²) in [5.41, 5.74) is 2.44. The van der Waals surface area contributed by atoms with E-state index in [0.717, 1.165) is 28.4 Å². The summed E-state index contributed by atoms with van der Waals surface area (Å²) in [6, 6.07) is 13.3. The van der Waals surface area contributed by atoms with E-state index in [1.807, 2.05) is 6.07 Å². The van der Waals surface area contributed by atoms with Gasteiger partial charge >= 0.3 is 0 Å². The monoisotopic (exact) mass is 349 g/mol. The summed E-state index contributed by atoms with van der Waals surface area (Å²) in [6.45, 7) is 0. The average Bonchev–Trinajstić information content (AvgIpc) is 2.88. The van der Waals surface area contributed by atoms with Crippen LogP contribution in [-0.2, 0) is 19.7 Å². The Morgan fingerprint density at radius 1 is 0.739 bits per heavy atom. The van der Waals surface area contributed by atoms with Crippen LogP contribution in [0.2, 0.25) is 0 Å². The first-order chi connectivity index (χ1) is 10.6. The molecule has 1 N–H and O–H groups in total. The minimum Gasteiger partial charge on any atom is -0.355 e. The van der Waals surface area contributed by atoms with Gasteiger partial charge in [0.2, 0.25) is 0 Å². The highest BCUT2D eigenvalue weighted by molar-refractivity contribution is 7.91. The van der Waals surface area contributed by atoms with E-state index in [-0.39, 0.29) is 9.79 Å². The first-order valence-electron chi connectivity index (χ1n) is 6.78. The molecule has 3 rings (SSSR count). The number of hydrogen-bond acceptors (Lipinski definition) is 4. The van der Waals surface area contributed by atoms with Gasteiger partial charge in [-0.25, -0.2) is 16.8 Å². The summed E-state index contributed by atoms with van der Waals surface area (Å²) in [6.07, 6.45) is 2.34. The van der Waals surface area contributed by atoms with E-state index in [4.69, 9.17) is 0 Å². The molecule has 120 valence electrons.